The van der Waals surface area contributed by atoms with Crippen LogP contribution in [0, 0.1) is 6.92 Å². The summed E-state index contributed by atoms with van der Waals surface area (Å²) in [6.45, 7) is 3.02. The summed E-state index contributed by atoms with van der Waals surface area (Å²) in [5.41, 5.74) is 2.62. The topological polar surface area (TPSA) is 12.0 Å². The van der Waals surface area contributed by atoms with Crippen molar-refractivity contribution in [3.8, 4) is 0 Å². The molecule has 0 radical (unpaired) electrons. The highest BCUT2D eigenvalue weighted by Gasteiger charge is 1.96. The zero-order valence-corrected chi connectivity index (χ0v) is 8.40. The summed E-state index contributed by atoms with van der Waals surface area (Å²) in [6, 6.07) is 6.37. The van der Waals surface area contributed by atoms with Gasteiger partial charge in [0.05, 0.1) is 0 Å². The third kappa shape index (κ3) is 2.31. The Balaban J connectivity index is 2.93. The molecule has 0 amide bonds. The predicted octanol–water partition coefficient (Wildman–Crippen LogP) is 2.48. The normalized spacial score (nSPS) is 10.1. The molecule has 1 aromatic rings. The van der Waals surface area contributed by atoms with E-state index < -0.39 is 0 Å². The van der Waals surface area contributed by atoms with Gasteiger partial charge in [-0.05, 0) is 25.6 Å². The fraction of sp³-hybridized carbons (Fsp3) is 0.333. The van der Waals surface area contributed by atoms with Crippen LogP contribution >= 0.6 is 15.9 Å². The summed E-state index contributed by atoms with van der Waals surface area (Å²) in [5, 5.41) is 3.12. The zero-order chi connectivity index (χ0) is 8.27. The van der Waals surface area contributed by atoms with Crippen molar-refractivity contribution >= 4 is 15.9 Å². The van der Waals surface area contributed by atoms with E-state index in [9.17, 15) is 0 Å². The first-order valence-corrected chi connectivity index (χ1v) is 4.43. The second-order valence-corrected chi connectivity index (χ2v) is 3.48. The van der Waals surface area contributed by atoms with Crippen LogP contribution in [0.2, 0.25) is 0 Å². The Kier molecular flexibility index (Phi) is 3.09. The van der Waals surface area contributed by atoms with Gasteiger partial charge in [0.25, 0.3) is 0 Å². The van der Waals surface area contributed by atoms with Crippen LogP contribution in [0.5, 0.6) is 0 Å². The lowest BCUT2D eigenvalue weighted by Gasteiger charge is -2.03. The molecule has 0 bridgehead atoms. The van der Waals surface area contributed by atoms with Crippen molar-refractivity contribution in [3.05, 3.63) is 33.8 Å². The van der Waals surface area contributed by atoms with Crippen LogP contribution in [0.1, 0.15) is 11.1 Å². The van der Waals surface area contributed by atoms with Gasteiger partial charge in [0.2, 0.25) is 0 Å². The standard InChI is InChI=1S/C9H12BrN/c1-7-3-4-9(10)8(5-7)6-11-2/h3-5,11H,6H2,1-2H3. The van der Waals surface area contributed by atoms with Gasteiger partial charge in [0.1, 0.15) is 0 Å². The van der Waals surface area contributed by atoms with E-state index in [0.29, 0.717) is 0 Å². The van der Waals surface area contributed by atoms with Gasteiger partial charge in [-0.1, -0.05) is 33.6 Å². The van der Waals surface area contributed by atoms with Gasteiger partial charge in [-0.3, -0.25) is 0 Å². The molecule has 0 aromatic heterocycles. The van der Waals surface area contributed by atoms with Gasteiger partial charge in [-0.15, -0.1) is 0 Å². The van der Waals surface area contributed by atoms with Crippen molar-refractivity contribution in [1.29, 1.82) is 0 Å². The first kappa shape index (κ1) is 8.75. The molecule has 0 aliphatic carbocycles. The van der Waals surface area contributed by atoms with Gasteiger partial charge in [-0.25, -0.2) is 0 Å². The molecule has 1 N–H and O–H groups in total. The highest BCUT2D eigenvalue weighted by atomic mass is 79.9. The maximum Gasteiger partial charge on any atom is 0.0220 e. The Labute approximate surface area is 75.9 Å². The molecule has 0 heterocycles. The minimum atomic E-state index is 0.919. The van der Waals surface area contributed by atoms with Crippen molar-refractivity contribution < 1.29 is 0 Å². The van der Waals surface area contributed by atoms with E-state index in [1.54, 1.807) is 0 Å². The Morgan fingerprint density at radius 2 is 2.18 bits per heavy atom. The number of rotatable bonds is 2. The van der Waals surface area contributed by atoms with Crippen molar-refractivity contribution in [1.82, 2.24) is 5.32 Å². The largest absolute Gasteiger partial charge is 0.316 e. The van der Waals surface area contributed by atoms with Crippen molar-refractivity contribution in [2.24, 2.45) is 0 Å². The van der Waals surface area contributed by atoms with Crippen LogP contribution in [0.25, 0.3) is 0 Å². The Bertz CT molecular complexity index is 245. The summed E-state index contributed by atoms with van der Waals surface area (Å²) in [7, 11) is 1.95. The molecule has 1 aromatic carbocycles. The zero-order valence-electron chi connectivity index (χ0n) is 6.82. The third-order valence-electron chi connectivity index (χ3n) is 1.57. The molecule has 0 atom stereocenters. The molecular formula is C9H12BrN. The molecule has 0 aliphatic heterocycles. The number of nitrogens with one attached hydrogen (secondary N) is 1. The van der Waals surface area contributed by atoms with E-state index in [1.165, 1.54) is 15.6 Å². The average Bonchev–Trinajstić information content (AvgIpc) is 1.98. The highest BCUT2D eigenvalue weighted by molar-refractivity contribution is 9.10. The van der Waals surface area contributed by atoms with Crippen LogP contribution in [0.3, 0.4) is 0 Å². The van der Waals surface area contributed by atoms with Crippen LogP contribution < -0.4 is 5.32 Å². The van der Waals surface area contributed by atoms with Gasteiger partial charge >= 0.3 is 0 Å². The van der Waals surface area contributed by atoms with E-state index in [0.717, 1.165) is 6.54 Å². The smallest absolute Gasteiger partial charge is 0.0220 e. The minimum Gasteiger partial charge on any atom is -0.316 e. The van der Waals surface area contributed by atoms with Gasteiger partial charge in [0.15, 0.2) is 0 Å². The molecular weight excluding hydrogens is 202 g/mol. The summed E-state index contributed by atoms with van der Waals surface area (Å²) in [4.78, 5) is 0. The number of hydrogen-bond acceptors (Lipinski definition) is 1. The maximum absolute atomic E-state index is 3.49. The fourth-order valence-corrected chi connectivity index (χ4v) is 1.42. The monoisotopic (exact) mass is 213 g/mol. The molecule has 0 spiro atoms. The molecule has 11 heavy (non-hydrogen) atoms. The number of hydrogen-bond donors (Lipinski definition) is 1. The number of benzene rings is 1. The molecule has 0 saturated heterocycles. The molecule has 0 fully saturated rings. The summed E-state index contributed by atoms with van der Waals surface area (Å²) < 4.78 is 1.18. The summed E-state index contributed by atoms with van der Waals surface area (Å²) in [5.74, 6) is 0. The molecule has 2 heteroatoms. The highest BCUT2D eigenvalue weighted by Crippen LogP contribution is 2.17. The van der Waals surface area contributed by atoms with Gasteiger partial charge < -0.3 is 5.32 Å². The SMILES string of the molecule is CNCc1cc(C)ccc1Br. The fourth-order valence-electron chi connectivity index (χ4n) is 1.03. The van der Waals surface area contributed by atoms with Crippen LogP contribution in [0.4, 0.5) is 0 Å². The van der Waals surface area contributed by atoms with E-state index >= 15 is 0 Å². The van der Waals surface area contributed by atoms with Crippen molar-refractivity contribution in [2.75, 3.05) is 7.05 Å². The first-order chi connectivity index (χ1) is 5.24. The lowest BCUT2D eigenvalue weighted by atomic mass is 10.1. The van der Waals surface area contributed by atoms with Gasteiger partial charge in [0, 0.05) is 11.0 Å². The Morgan fingerprint density at radius 1 is 1.45 bits per heavy atom. The van der Waals surface area contributed by atoms with Gasteiger partial charge in [-0.2, -0.15) is 0 Å². The molecule has 0 saturated carbocycles. The van der Waals surface area contributed by atoms with Crippen LogP contribution in [-0.4, -0.2) is 7.05 Å². The average molecular weight is 214 g/mol. The number of halogens is 1. The van der Waals surface area contributed by atoms with E-state index in [2.05, 4.69) is 46.4 Å². The van der Waals surface area contributed by atoms with Crippen molar-refractivity contribution in [3.63, 3.8) is 0 Å². The van der Waals surface area contributed by atoms with E-state index in [-0.39, 0.29) is 0 Å². The van der Waals surface area contributed by atoms with E-state index in [4.69, 9.17) is 0 Å². The first-order valence-electron chi connectivity index (χ1n) is 3.63. The van der Waals surface area contributed by atoms with Crippen LogP contribution in [-0.2, 0) is 6.54 Å². The predicted molar refractivity (Wildman–Crippen MR) is 51.6 cm³/mol. The Morgan fingerprint density at radius 3 is 2.82 bits per heavy atom. The number of aryl methyl sites for hydroxylation is 1. The molecule has 1 rings (SSSR count). The molecule has 0 aliphatic rings. The lowest BCUT2D eigenvalue weighted by Crippen LogP contribution is -2.05. The minimum absolute atomic E-state index is 0.919. The lowest BCUT2D eigenvalue weighted by molar-refractivity contribution is 0.813. The third-order valence-corrected chi connectivity index (χ3v) is 2.34. The second kappa shape index (κ2) is 3.88. The molecule has 0 unspecified atom stereocenters. The Hall–Kier alpha value is -0.340. The van der Waals surface area contributed by atoms with Crippen LogP contribution in [0.15, 0.2) is 22.7 Å². The quantitative estimate of drug-likeness (QED) is 0.797. The maximum atomic E-state index is 3.49. The molecule has 1 nitrogen and oxygen atoms in total. The summed E-state index contributed by atoms with van der Waals surface area (Å²) >= 11 is 3.49. The second-order valence-electron chi connectivity index (χ2n) is 2.63. The van der Waals surface area contributed by atoms with E-state index in [1.807, 2.05) is 7.05 Å². The van der Waals surface area contributed by atoms with Crippen molar-refractivity contribution in [2.45, 2.75) is 13.5 Å². The summed E-state index contributed by atoms with van der Waals surface area (Å²) in [6.07, 6.45) is 0. The molecule has 60 valence electrons.